The number of aliphatic hydroxyl groups excluding tert-OH is 1. The second-order valence-corrected chi connectivity index (χ2v) is 3.09. The minimum absolute atomic E-state index is 0.112. The average molecular weight is 198 g/mol. The third-order valence-electron chi connectivity index (χ3n) is 1.71. The quantitative estimate of drug-likeness (QED) is 0.626. The summed E-state index contributed by atoms with van der Waals surface area (Å²) in [6.45, 7) is -2.52. The van der Waals surface area contributed by atoms with E-state index in [0.717, 1.165) is 12.8 Å². The lowest BCUT2D eigenvalue weighted by Gasteiger charge is -2.26. The summed E-state index contributed by atoms with van der Waals surface area (Å²) in [5.74, 6) is 0. The van der Waals surface area contributed by atoms with Crippen molar-refractivity contribution < 1.29 is 18.1 Å². The van der Waals surface area contributed by atoms with E-state index in [-0.39, 0.29) is 13.2 Å². The van der Waals surface area contributed by atoms with Crippen LogP contribution in [0.1, 0.15) is 19.8 Å². The maximum atomic E-state index is 12.0. The minimum Gasteiger partial charge on any atom is -0.448 e. The molecule has 0 aromatic carbocycles. The monoisotopic (exact) mass is 198 g/mol. The van der Waals surface area contributed by atoms with Gasteiger partial charge in [-0.05, 0) is 19.4 Å². The zero-order valence-electron chi connectivity index (χ0n) is 7.85. The van der Waals surface area contributed by atoms with Crippen molar-refractivity contribution in [1.29, 1.82) is 0 Å². The molecule has 0 aliphatic carbocycles. The number of nitrogens with zero attached hydrogens (tertiary/aromatic N) is 1. The van der Waals surface area contributed by atoms with Gasteiger partial charge in [0.1, 0.15) is 0 Å². The van der Waals surface area contributed by atoms with Crippen molar-refractivity contribution in [2.75, 3.05) is 26.1 Å². The predicted octanol–water partition coefficient (Wildman–Crippen LogP) is 1.47. The zero-order valence-corrected chi connectivity index (χ0v) is 7.85. The number of halogens is 3. The molecule has 80 valence electrons. The molecule has 0 heterocycles. The molecule has 0 fully saturated rings. The smallest absolute Gasteiger partial charge is 0.448 e. The van der Waals surface area contributed by atoms with Crippen LogP contribution in [0.25, 0.3) is 0 Å². The van der Waals surface area contributed by atoms with Crippen molar-refractivity contribution in [1.82, 2.24) is 4.90 Å². The fourth-order valence-electron chi connectivity index (χ4n) is 1.11. The lowest BCUT2D eigenvalue weighted by atomic mass is 9.91. The molecule has 0 rings (SSSR count). The molecule has 6 heteroatoms. The molecule has 13 heavy (non-hydrogen) atoms. The summed E-state index contributed by atoms with van der Waals surface area (Å²) in [6.07, 6.45) is 0.750. The Hall–Kier alpha value is -0.225. The van der Waals surface area contributed by atoms with E-state index in [1.807, 2.05) is 6.92 Å². The molecule has 0 aliphatic rings. The second kappa shape index (κ2) is 6.26. The molecular formula is C7H16BF3NO-. The van der Waals surface area contributed by atoms with Crippen LogP contribution in [0.5, 0.6) is 0 Å². The lowest BCUT2D eigenvalue weighted by Crippen LogP contribution is -2.40. The molecule has 0 saturated heterocycles. The summed E-state index contributed by atoms with van der Waals surface area (Å²) in [5, 5.41) is 8.53. The molecule has 0 atom stereocenters. The Morgan fingerprint density at radius 2 is 1.85 bits per heavy atom. The maximum absolute atomic E-state index is 12.0. The topological polar surface area (TPSA) is 23.5 Å². The highest BCUT2D eigenvalue weighted by Crippen LogP contribution is 2.10. The van der Waals surface area contributed by atoms with Gasteiger partial charge in [0.05, 0.1) is 6.61 Å². The predicted molar refractivity (Wildman–Crippen MR) is 47.5 cm³/mol. The molecule has 0 aliphatic heterocycles. The van der Waals surface area contributed by atoms with Crippen molar-refractivity contribution in [3.05, 3.63) is 0 Å². The number of hydrogen-bond donors (Lipinski definition) is 1. The largest absolute Gasteiger partial charge is 0.492 e. The normalized spacial score (nSPS) is 12.5. The molecule has 0 saturated carbocycles. The van der Waals surface area contributed by atoms with Crippen LogP contribution in [0, 0.1) is 0 Å². The SMILES string of the molecule is CCCCN(CCO)C[B-](F)(F)F. The third-order valence-corrected chi connectivity index (χ3v) is 1.71. The van der Waals surface area contributed by atoms with Crippen LogP contribution in [-0.2, 0) is 0 Å². The van der Waals surface area contributed by atoms with Crippen molar-refractivity contribution in [2.24, 2.45) is 0 Å². The molecule has 0 bridgehead atoms. The molecule has 0 spiro atoms. The molecule has 0 radical (unpaired) electrons. The Kier molecular flexibility index (Phi) is 6.15. The zero-order chi connectivity index (χ0) is 10.3. The van der Waals surface area contributed by atoms with Crippen LogP contribution in [0.4, 0.5) is 12.9 Å². The van der Waals surface area contributed by atoms with Gasteiger partial charge in [0.15, 0.2) is 0 Å². The van der Waals surface area contributed by atoms with Crippen molar-refractivity contribution in [3.63, 3.8) is 0 Å². The second-order valence-electron chi connectivity index (χ2n) is 3.09. The van der Waals surface area contributed by atoms with Crippen LogP contribution in [-0.4, -0.2) is 43.1 Å². The van der Waals surface area contributed by atoms with Gasteiger partial charge >= 0.3 is 6.98 Å². The highest BCUT2D eigenvalue weighted by atomic mass is 19.4. The molecule has 1 N–H and O–H groups in total. The van der Waals surface area contributed by atoms with Crippen LogP contribution >= 0.6 is 0 Å². The van der Waals surface area contributed by atoms with Gasteiger partial charge in [-0.1, -0.05) is 13.3 Å². The van der Waals surface area contributed by atoms with Crippen molar-refractivity contribution in [2.45, 2.75) is 19.8 Å². The Balaban J connectivity index is 3.79. The summed E-state index contributed by atoms with van der Waals surface area (Å²) < 4.78 is 36.0. The average Bonchev–Trinajstić information content (AvgIpc) is 1.98. The summed E-state index contributed by atoms with van der Waals surface area (Å²) in [6, 6.07) is 0. The Morgan fingerprint density at radius 1 is 1.23 bits per heavy atom. The highest BCUT2D eigenvalue weighted by molar-refractivity contribution is 6.58. The van der Waals surface area contributed by atoms with Gasteiger partial charge < -0.3 is 23.0 Å². The molecule has 2 nitrogen and oxygen atoms in total. The first-order valence-corrected chi connectivity index (χ1v) is 4.53. The first-order chi connectivity index (χ1) is 5.99. The van der Waals surface area contributed by atoms with Gasteiger partial charge in [0, 0.05) is 6.54 Å². The van der Waals surface area contributed by atoms with Crippen LogP contribution in [0.2, 0.25) is 0 Å². The van der Waals surface area contributed by atoms with E-state index in [2.05, 4.69) is 0 Å². The first kappa shape index (κ1) is 12.8. The fraction of sp³-hybridized carbons (Fsp3) is 1.00. The molecular weight excluding hydrogens is 182 g/mol. The highest BCUT2D eigenvalue weighted by Gasteiger charge is 2.25. The van der Waals surface area contributed by atoms with E-state index in [4.69, 9.17) is 5.11 Å². The van der Waals surface area contributed by atoms with Crippen molar-refractivity contribution in [3.8, 4) is 0 Å². The van der Waals surface area contributed by atoms with Gasteiger partial charge in [-0.15, -0.1) is 0 Å². The van der Waals surface area contributed by atoms with Gasteiger partial charge in [0.25, 0.3) is 0 Å². The van der Waals surface area contributed by atoms with E-state index in [1.54, 1.807) is 0 Å². The molecule has 0 amide bonds. The Bertz CT molecular complexity index is 131. The number of aliphatic hydroxyl groups is 1. The third kappa shape index (κ3) is 8.11. The first-order valence-electron chi connectivity index (χ1n) is 4.53. The van der Waals surface area contributed by atoms with E-state index in [0.29, 0.717) is 6.54 Å². The minimum atomic E-state index is -4.76. The van der Waals surface area contributed by atoms with Gasteiger partial charge in [-0.3, -0.25) is 0 Å². The van der Waals surface area contributed by atoms with E-state index < -0.39 is 13.4 Å². The van der Waals surface area contributed by atoms with E-state index in [9.17, 15) is 12.9 Å². The molecule has 0 unspecified atom stereocenters. The summed E-state index contributed by atoms with van der Waals surface area (Å²) in [4.78, 5) is 1.25. The van der Waals surface area contributed by atoms with Gasteiger partial charge in [-0.25, -0.2) is 0 Å². The van der Waals surface area contributed by atoms with Gasteiger partial charge in [-0.2, -0.15) is 0 Å². The summed E-state index contributed by atoms with van der Waals surface area (Å²) in [5.41, 5.74) is 0. The lowest BCUT2D eigenvalue weighted by molar-refractivity contribution is 0.200. The number of unbranched alkanes of at least 4 members (excludes halogenated alkanes) is 1. The number of rotatable bonds is 7. The molecule has 0 aromatic heterocycles. The Labute approximate surface area is 76.8 Å². The fourth-order valence-corrected chi connectivity index (χ4v) is 1.11. The van der Waals surface area contributed by atoms with E-state index in [1.165, 1.54) is 4.90 Å². The van der Waals surface area contributed by atoms with E-state index >= 15 is 0 Å². The Morgan fingerprint density at radius 3 is 2.23 bits per heavy atom. The summed E-state index contributed by atoms with van der Waals surface area (Å²) >= 11 is 0. The number of hydrogen-bond acceptors (Lipinski definition) is 2. The van der Waals surface area contributed by atoms with Crippen LogP contribution in [0.15, 0.2) is 0 Å². The standard InChI is InChI=1S/C7H16BF3NO/c1-2-3-4-12(5-6-13)7-8(9,10)11/h13H,2-7H2,1H3/q-1. The van der Waals surface area contributed by atoms with Crippen LogP contribution in [0.3, 0.4) is 0 Å². The maximum Gasteiger partial charge on any atom is 0.492 e. The molecule has 0 aromatic rings. The summed E-state index contributed by atoms with van der Waals surface area (Å²) in [7, 11) is 0. The van der Waals surface area contributed by atoms with Gasteiger partial charge in [0.2, 0.25) is 0 Å². The van der Waals surface area contributed by atoms with Crippen molar-refractivity contribution >= 4 is 6.98 Å². The van der Waals surface area contributed by atoms with Crippen LogP contribution < -0.4 is 0 Å².